The van der Waals surface area contributed by atoms with Crippen LogP contribution in [0.4, 0.5) is 0 Å². The lowest BCUT2D eigenvalue weighted by molar-refractivity contribution is -0.0180. The zero-order valence-corrected chi connectivity index (χ0v) is 17.7. The molecule has 0 spiro atoms. The predicted molar refractivity (Wildman–Crippen MR) is 111 cm³/mol. The van der Waals surface area contributed by atoms with Crippen LogP contribution in [-0.4, -0.2) is 98.6 Å². The van der Waals surface area contributed by atoms with E-state index in [1.807, 2.05) is 6.92 Å². The molecule has 0 bridgehead atoms. The lowest BCUT2D eigenvalue weighted by Crippen LogP contribution is -2.48. The molecule has 2 aliphatic rings. The number of guanidine groups is 1. The second-order valence-electron chi connectivity index (χ2n) is 8.25. The van der Waals surface area contributed by atoms with Gasteiger partial charge in [-0.2, -0.15) is 0 Å². The minimum Gasteiger partial charge on any atom is -0.387 e. The molecular formula is C20H41N5O2. The van der Waals surface area contributed by atoms with Gasteiger partial charge in [-0.15, -0.1) is 0 Å². The summed E-state index contributed by atoms with van der Waals surface area (Å²) in [6, 6.07) is 0. The summed E-state index contributed by atoms with van der Waals surface area (Å²) < 4.78 is 5.38. The minimum absolute atomic E-state index is 0.397. The Bertz CT molecular complexity index is 430. The van der Waals surface area contributed by atoms with Crippen LogP contribution in [0.2, 0.25) is 0 Å². The van der Waals surface area contributed by atoms with Crippen molar-refractivity contribution in [3.8, 4) is 0 Å². The van der Waals surface area contributed by atoms with Crippen LogP contribution in [0, 0.1) is 5.92 Å². The van der Waals surface area contributed by atoms with Gasteiger partial charge in [-0.3, -0.25) is 9.89 Å². The lowest BCUT2D eigenvalue weighted by atomic mass is 9.97. The summed E-state index contributed by atoms with van der Waals surface area (Å²) >= 11 is 0. The molecule has 0 saturated carbocycles. The van der Waals surface area contributed by atoms with Crippen LogP contribution < -0.4 is 10.6 Å². The van der Waals surface area contributed by atoms with Crippen molar-refractivity contribution in [3.05, 3.63) is 0 Å². The van der Waals surface area contributed by atoms with E-state index in [1.165, 1.54) is 38.9 Å². The first-order valence-corrected chi connectivity index (χ1v) is 10.8. The van der Waals surface area contributed by atoms with E-state index in [-0.39, 0.29) is 0 Å². The highest BCUT2D eigenvalue weighted by Gasteiger charge is 2.25. The molecule has 0 amide bonds. The molecule has 0 aromatic rings. The molecule has 1 unspecified atom stereocenters. The summed E-state index contributed by atoms with van der Waals surface area (Å²) in [5, 5.41) is 17.5. The van der Waals surface area contributed by atoms with E-state index >= 15 is 0 Å². The second kappa shape index (κ2) is 11.8. The number of aliphatic imine (C=N–C) groups is 1. The van der Waals surface area contributed by atoms with Crippen molar-refractivity contribution in [3.63, 3.8) is 0 Å². The summed E-state index contributed by atoms with van der Waals surface area (Å²) in [6.07, 6.45) is 3.74. The van der Waals surface area contributed by atoms with Gasteiger partial charge < -0.3 is 25.4 Å². The van der Waals surface area contributed by atoms with Crippen LogP contribution in [0.15, 0.2) is 4.99 Å². The molecule has 7 heteroatoms. The molecule has 2 fully saturated rings. The van der Waals surface area contributed by atoms with Crippen molar-refractivity contribution >= 4 is 5.96 Å². The number of rotatable bonds is 9. The molecule has 2 aliphatic heterocycles. The largest absolute Gasteiger partial charge is 0.387 e. The van der Waals surface area contributed by atoms with Gasteiger partial charge in [0.25, 0.3) is 0 Å². The number of likely N-dealkylation sites (tertiary alicyclic amines) is 1. The molecule has 2 heterocycles. The van der Waals surface area contributed by atoms with Crippen LogP contribution in [0.1, 0.15) is 40.0 Å². The fraction of sp³-hybridized carbons (Fsp3) is 0.950. The van der Waals surface area contributed by atoms with Gasteiger partial charge in [-0.05, 0) is 58.7 Å². The maximum Gasteiger partial charge on any atom is 0.191 e. The number of aliphatic hydroxyl groups is 1. The molecule has 2 rings (SSSR count). The number of morpholine rings is 1. The highest BCUT2D eigenvalue weighted by Crippen LogP contribution is 2.16. The number of nitrogens with one attached hydrogen (secondary N) is 2. The maximum atomic E-state index is 10.7. The maximum absolute atomic E-state index is 10.7. The van der Waals surface area contributed by atoms with Gasteiger partial charge in [0, 0.05) is 32.7 Å². The van der Waals surface area contributed by atoms with Crippen LogP contribution >= 0.6 is 0 Å². The Morgan fingerprint density at radius 2 is 1.81 bits per heavy atom. The van der Waals surface area contributed by atoms with E-state index in [2.05, 4.69) is 39.3 Å². The Balaban J connectivity index is 1.75. The number of β-amino-alcohol motifs (C(OH)–C–C–N with tert-alkyl or cyclic N) is 1. The second-order valence-corrected chi connectivity index (χ2v) is 8.25. The van der Waals surface area contributed by atoms with Gasteiger partial charge in [0.1, 0.15) is 0 Å². The molecule has 0 aromatic carbocycles. The Labute approximate surface area is 165 Å². The molecule has 0 radical (unpaired) electrons. The Morgan fingerprint density at radius 1 is 1.11 bits per heavy atom. The van der Waals surface area contributed by atoms with E-state index in [1.54, 1.807) is 0 Å². The number of hydrogen-bond acceptors (Lipinski definition) is 5. The third kappa shape index (κ3) is 8.77. The van der Waals surface area contributed by atoms with Gasteiger partial charge in [0.2, 0.25) is 0 Å². The third-order valence-corrected chi connectivity index (χ3v) is 5.40. The molecule has 2 saturated heterocycles. The average molecular weight is 384 g/mol. The van der Waals surface area contributed by atoms with Crippen LogP contribution in [0.3, 0.4) is 0 Å². The first-order valence-electron chi connectivity index (χ1n) is 10.8. The van der Waals surface area contributed by atoms with E-state index in [9.17, 15) is 5.11 Å². The van der Waals surface area contributed by atoms with E-state index in [4.69, 9.17) is 4.74 Å². The van der Waals surface area contributed by atoms with Crippen molar-refractivity contribution in [2.45, 2.75) is 45.6 Å². The molecule has 158 valence electrons. The number of nitrogens with zero attached hydrogens (tertiary/aromatic N) is 3. The SMILES string of the molecule is CCCN1CCC(CNC(=NCC(C)(O)CN2CCOCC2)NCC)CC1. The molecular weight excluding hydrogens is 342 g/mol. The summed E-state index contributed by atoms with van der Waals surface area (Å²) in [6.45, 7) is 15.9. The molecule has 3 N–H and O–H groups in total. The first-order chi connectivity index (χ1) is 13.0. The molecule has 7 nitrogen and oxygen atoms in total. The standard InChI is InChI=1S/C20H41N5O2/c1-4-8-24-9-6-18(7-10-24)15-22-19(21-5-2)23-16-20(3,26)17-25-11-13-27-14-12-25/h18,26H,4-17H2,1-3H3,(H2,21,22,23). The Kier molecular flexibility index (Phi) is 9.82. The van der Waals surface area contributed by atoms with Crippen molar-refractivity contribution in [1.82, 2.24) is 20.4 Å². The van der Waals surface area contributed by atoms with Crippen molar-refractivity contribution in [1.29, 1.82) is 0 Å². The molecule has 1 atom stereocenters. The highest BCUT2D eigenvalue weighted by atomic mass is 16.5. The van der Waals surface area contributed by atoms with Crippen molar-refractivity contribution in [2.75, 3.05) is 72.1 Å². The summed E-state index contributed by atoms with van der Waals surface area (Å²) in [7, 11) is 0. The summed E-state index contributed by atoms with van der Waals surface area (Å²) in [5.41, 5.74) is -0.828. The van der Waals surface area contributed by atoms with Crippen LogP contribution in [0.25, 0.3) is 0 Å². The highest BCUT2D eigenvalue weighted by molar-refractivity contribution is 5.79. The lowest BCUT2D eigenvalue weighted by Gasteiger charge is -2.33. The van der Waals surface area contributed by atoms with Gasteiger partial charge in [0.15, 0.2) is 5.96 Å². The molecule has 0 aliphatic carbocycles. The third-order valence-electron chi connectivity index (χ3n) is 5.40. The number of ether oxygens (including phenoxy) is 1. The van der Waals surface area contributed by atoms with E-state index < -0.39 is 5.60 Å². The quantitative estimate of drug-likeness (QED) is 0.403. The number of hydrogen-bond donors (Lipinski definition) is 3. The fourth-order valence-corrected chi connectivity index (χ4v) is 3.85. The first kappa shape index (κ1) is 22.4. The van der Waals surface area contributed by atoms with Crippen molar-refractivity contribution < 1.29 is 9.84 Å². The average Bonchev–Trinajstić information content (AvgIpc) is 2.66. The van der Waals surface area contributed by atoms with E-state index in [0.29, 0.717) is 19.0 Å². The smallest absolute Gasteiger partial charge is 0.191 e. The topological polar surface area (TPSA) is 72.4 Å². The zero-order chi connectivity index (χ0) is 19.5. The summed E-state index contributed by atoms with van der Waals surface area (Å²) in [5.74, 6) is 1.52. The predicted octanol–water partition coefficient (Wildman–Crippen LogP) is 0.747. The van der Waals surface area contributed by atoms with Gasteiger partial charge in [-0.25, -0.2) is 0 Å². The zero-order valence-electron chi connectivity index (χ0n) is 17.7. The van der Waals surface area contributed by atoms with Gasteiger partial charge in [0.05, 0.1) is 25.4 Å². The minimum atomic E-state index is -0.828. The Hall–Kier alpha value is -0.890. The van der Waals surface area contributed by atoms with Gasteiger partial charge >= 0.3 is 0 Å². The van der Waals surface area contributed by atoms with E-state index in [0.717, 1.165) is 45.4 Å². The summed E-state index contributed by atoms with van der Waals surface area (Å²) in [4.78, 5) is 9.48. The monoisotopic (exact) mass is 383 g/mol. The van der Waals surface area contributed by atoms with Gasteiger partial charge in [-0.1, -0.05) is 6.92 Å². The normalized spacial score (nSPS) is 23.2. The molecule has 0 aromatic heterocycles. The van der Waals surface area contributed by atoms with Crippen molar-refractivity contribution in [2.24, 2.45) is 10.9 Å². The Morgan fingerprint density at radius 3 is 2.44 bits per heavy atom. The number of piperidine rings is 1. The molecule has 27 heavy (non-hydrogen) atoms. The van der Waals surface area contributed by atoms with Crippen LogP contribution in [0.5, 0.6) is 0 Å². The van der Waals surface area contributed by atoms with Crippen LogP contribution in [-0.2, 0) is 4.74 Å². The fourth-order valence-electron chi connectivity index (χ4n) is 3.85.